The van der Waals surface area contributed by atoms with E-state index in [1.165, 1.54) is 6.92 Å². The summed E-state index contributed by atoms with van der Waals surface area (Å²) in [7, 11) is 0. The summed E-state index contributed by atoms with van der Waals surface area (Å²) in [6, 6.07) is 0. The Hall–Kier alpha value is -0.0400. The maximum atomic E-state index is 10.5. The summed E-state index contributed by atoms with van der Waals surface area (Å²) in [5, 5.41) is 0. The van der Waals surface area contributed by atoms with E-state index in [0.29, 0.717) is 72.7 Å². The Bertz CT molecular complexity index is 281. The van der Waals surface area contributed by atoms with Gasteiger partial charge in [0, 0.05) is 11.4 Å². The predicted molar refractivity (Wildman–Crippen MR) is 100 cm³/mol. The van der Waals surface area contributed by atoms with Crippen LogP contribution in [0.2, 0.25) is 0 Å². The largest absolute Gasteiger partial charge is 0.463 e. The van der Waals surface area contributed by atoms with Crippen LogP contribution in [0, 0.1) is 0 Å². The van der Waals surface area contributed by atoms with Crippen molar-refractivity contribution in [2.75, 3.05) is 90.3 Å². The summed E-state index contributed by atoms with van der Waals surface area (Å²) in [6.07, 6.45) is 0. The average molecular weight is 478 g/mol. The van der Waals surface area contributed by atoms with Gasteiger partial charge in [-0.15, -0.1) is 0 Å². The molecule has 0 bridgehead atoms. The second-order valence-corrected chi connectivity index (χ2v) is 5.78. The minimum atomic E-state index is -0.301. The smallest absolute Gasteiger partial charge is 0.302 e. The Kier molecular flexibility index (Phi) is 22.0. The Morgan fingerprint density at radius 3 is 1.12 bits per heavy atom. The summed E-state index contributed by atoms with van der Waals surface area (Å²) >= 11 is 2.27. The molecule has 0 aromatic carbocycles. The van der Waals surface area contributed by atoms with E-state index in [1.54, 1.807) is 0 Å². The van der Waals surface area contributed by atoms with Crippen LogP contribution in [0.5, 0.6) is 0 Å². The zero-order chi connectivity index (χ0) is 18.4. The number of rotatable bonds is 20. The quantitative estimate of drug-likeness (QED) is 0.111. The molecule has 0 spiro atoms. The maximum Gasteiger partial charge on any atom is 0.302 e. The van der Waals surface area contributed by atoms with Crippen LogP contribution in [-0.4, -0.2) is 96.3 Å². The van der Waals surface area contributed by atoms with Gasteiger partial charge in [0.15, 0.2) is 0 Å². The number of carbonyl (C=O) groups excluding carboxylic acids is 1. The van der Waals surface area contributed by atoms with Crippen LogP contribution in [0.4, 0.5) is 0 Å². The molecule has 0 aliphatic rings. The van der Waals surface area contributed by atoms with Gasteiger partial charge >= 0.3 is 5.97 Å². The lowest BCUT2D eigenvalue weighted by molar-refractivity contribution is -0.142. The number of hydrogen-bond acceptors (Lipinski definition) is 8. The SMILES string of the molecule is CC(=O)OCCOCCOCCOCCOCCOCCOCCI. The van der Waals surface area contributed by atoms with Gasteiger partial charge in [0.25, 0.3) is 0 Å². The van der Waals surface area contributed by atoms with E-state index in [0.717, 1.165) is 11.0 Å². The second kappa shape index (κ2) is 22.0. The van der Waals surface area contributed by atoms with Crippen molar-refractivity contribution in [3.63, 3.8) is 0 Å². The standard InChI is InChI=1S/C16H31IO8/c1-16(18)25-15-14-24-13-12-23-11-10-22-9-8-21-7-6-20-5-4-19-3-2-17/h2-15H2,1H3. The second-order valence-electron chi connectivity index (χ2n) is 4.70. The highest BCUT2D eigenvalue weighted by Crippen LogP contribution is 1.86. The van der Waals surface area contributed by atoms with Gasteiger partial charge in [0.05, 0.1) is 79.3 Å². The van der Waals surface area contributed by atoms with E-state index in [9.17, 15) is 4.79 Å². The Labute approximate surface area is 163 Å². The molecular weight excluding hydrogens is 447 g/mol. The molecule has 9 heteroatoms. The van der Waals surface area contributed by atoms with Gasteiger partial charge in [-0.25, -0.2) is 0 Å². The van der Waals surface area contributed by atoms with Crippen molar-refractivity contribution < 1.29 is 38.0 Å². The number of hydrogen-bond donors (Lipinski definition) is 0. The molecule has 0 radical (unpaired) electrons. The van der Waals surface area contributed by atoms with Crippen molar-refractivity contribution in [2.45, 2.75) is 6.92 Å². The van der Waals surface area contributed by atoms with Gasteiger partial charge in [0.2, 0.25) is 0 Å². The number of halogens is 1. The first-order chi connectivity index (χ1) is 12.3. The van der Waals surface area contributed by atoms with Crippen LogP contribution >= 0.6 is 22.6 Å². The first-order valence-corrected chi connectivity index (χ1v) is 9.95. The Morgan fingerprint density at radius 2 is 0.840 bits per heavy atom. The molecule has 0 aliphatic carbocycles. The van der Waals surface area contributed by atoms with Crippen molar-refractivity contribution in [3.8, 4) is 0 Å². The molecule has 0 amide bonds. The molecule has 0 fully saturated rings. The van der Waals surface area contributed by atoms with E-state index in [2.05, 4.69) is 22.6 Å². The Balaban J connectivity index is 2.97. The first-order valence-electron chi connectivity index (χ1n) is 8.43. The lowest BCUT2D eigenvalue weighted by Crippen LogP contribution is -2.14. The number of carbonyl (C=O) groups is 1. The fourth-order valence-electron chi connectivity index (χ4n) is 1.50. The lowest BCUT2D eigenvalue weighted by Gasteiger charge is -2.08. The van der Waals surface area contributed by atoms with Crippen LogP contribution in [-0.2, 0) is 38.0 Å². The number of esters is 1. The molecule has 0 rings (SSSR count). The minimum Gasteiger partial charge on any atom is -0.463 e. The number of ether oxygens (including phenoxy) is 7. The third-order valence-corrected chi connectivity index (χ3v) is 3.05. The number of alkyl halides is 1. The molecule has 0 atom stereocenters. The van der Waals surface area contributed by atoms with Crippen molar-refractivity contribution in [2.24, 2.45) is 0 Å². The van der Waals surface area contributed by atoms with Crippen molar-refractivity contribution in [1.29, 1.82) is 0 Å². The molecule has 0 unspecified atom stereocenters. The molecule has 0 saturated carbocycles. The molecule has 0 aliphatic heterocycles. The highest BCUT2D eigenvalue weighted by Gasteiger charge is 1.95. The molecule has 150 valence electrons. The zero-order valence-electron chi connectivity index (χ0n) is 15.0. The molecule has 0 N–H and O–H groups in total. The fraction of sp³-hybridized carbons (Fsp3) is 0.938. The summed E-state index contributed by atoms with van der Waals surface area (Å²) < 4.78 is 37.6. The molecule has 0 aromatic rings. The van der Waals surface area contributed by atoms with Crippen molar-refractivity contribution in [3.05, 3.63) is 0 Å². The van der Waals surface area contributed by atoms with Gasteiger partial charge < -0.3 is 33.2 Å². The van der Waals surface area contributed by atoms with Crippen LogP contribution in [0.1, 0.15) is 6.92 Å². The predicted octanol–water partition coefficient (Wildman–Crippen LogP) is 1.08. The van der Waals surface area contributed by atoms with Gasteiger partial charge in [-0.1, -0.05) is 22.6 Å². The normalized spacial score (nSPS) is 11.0. The molecular formula is C16H31IO8. The van der Waals surface area contributed by atoms with Gasteiger partial charge in [-0.05, 0) is 0 Å². The molecule has 0 heterocycles. The summed E-state index contributed by atoms with van der Waals surface area (Å²) in [4.78, 5) is 10.5. The third kappa shape index (κ3) is 24.0. The summed E-state index contributed by atoms with van der Waals surface area (Å²) in [5.74, 6) is -0.301. The van der Waals surface area contributed by atoms with Gasteiger partial charge in [-0.2, -0.15) is 0 Å². The highest BCUT2D eigenvalue weighted by molar-refractivity contribution is 14.1. The van der Waals surface area contributed by atoms with Crippen LogP contribution < -0.4 is 0 Å². The summed E-state index contributed by atoms with van der Waals surface area (Å²) in [6.45, 7) is 8.17. The van der Waals surface area contributed by atoms with E-state index in [1.807, 2.05) is 0 Å². The van der Waals surface area contributed by atoms with E-state index in [-0.39, 0.29) is 12.6 Å². The topological polar surface area (TPSA) is 81.7 Å². The molecule has 8 nitrogen and oxygen atoms in total. The van der Waals surface area contributed by atoms with Crippen LogP contribution in [0.25, 0.3) is 0 Å². The zero-order valence-corrected chi connectivity index (χ0v) is 17.2. The van der Waals surface area contributed by atoms with Gasteiger partial charge in [0.1, 0.15) is 6.61 Å². The van der Waals surface area contributed by atoms with E-state index in [4.69, 9.17) is 33.2 Å². The monoisotopic (exact) mass is 478 g/mol. The van der Waals surface area contributed by atoms with E-state index >= 15 is 0 Å². The van der Waals surface area contributed by atoms with Crippen molar-refractivity contribution >= 4 is 28.6 Å². The third-order valence-electron chi connectivity index (χ3n) is 2.61. The molecule has 25 heavy (non-hydrogen) atoms. The van der Waals surface area contributed by atoms with E-state index < -0.39 is 0 Å². The Morgan fingerprint density at radius 1 is 0.560 bits per heavy atom. The average Bonchev–Trinajstić information content (AvgIpc) is 2.60. The van der Waals surface area contributed by atoms with Crippen molar-refractivity contribution in [1.82, 2.24) is 0 Å². The minimum absolute atomic E-state index is 0.274. The maximum absolute atomic E-state index is 10.5. The molecule has 0 saturated heterocycles. The van der Waals surface area contributed by atoms with Gasteiger partial charge in [-0.3, -0.25) is 4.79 Å². The van der Waals surface area contributed by atoms with Crippen LogP contribution in [0.3, 0.4) is 0 Å². The molecule has 0 aromatic heterocycles. The first kappa shape index (κ1) is 25.0. The highest BCUT2D eigenvalue weighted by atomic mass is 127. The van der Waals surface area contributed by atoms with Crippen LogP contribution in [0.15, 0.2) is 0 Å². The lowest BCUT2D eigenvalue weighted by atomic mass is 10.6. The fourth-order valence-corrected chi connectivity index (χ4v) is 1.81. The summed E-state index contributed by atoms with van der Waals surface area (Å²) in [5.41, 5.74) is 0.